The van der Waals surface area contributed by atoms with Crippen LogP contribution >= 0.6 is 0 Å². The highest BCUT2D eigenvalue weighted by atomic mass is 16.5. The van der Waals surface area contributed by atoms with Gasteiger partial charge in [-0.3, -0.25) is 4.79 Å². The number of hydrogen-bond acceptors (Lipinski definition) is 5. The van der Waals surface area contributed by atoms with Crippen LogP contribution in [0.3, 0.4) is 0 Å². The number of ether oxygens (including phenoxy) is 1. The summed E-state index contributed by atoms with van der Waals surface area (Å²) in [6.07, 6.45) is -0.959. The lowest BCUT2D eigenvalue weighted by Crippen LogP contribution is -2.38. The number of aliphatic hydroxyl groups is 1. The van der Waals surface area contributed by atoms with Crippen molar-refractivity contribution in [2.45, 2.75) is 12.5 Å². The molecule has 0 fully saturated rings. The van der Waals surface area contributed by atoms with Crippen molar-refractivity contribution in [3.8, 4) is 0 Å². The van der Waals surface area contributed by atoms with Gasteiger partial charge in [0.05, 0.1) is 13.7 Å². The van der Waals surface area contributed by atoms with Crippen molar-refractivity contribution in [3.63, 3.8) is 0 Å². The van der Waals surface area contributed by atoms with E-state index in [0.29, 0.717) is 13.0 Å². The molecule has 1 amide bonds. The lowest BCUT2D eigenvalue weighted by atomic mass is 10.3. The van der Waals surface area contributed by atoms with Crippen molar-refractivity contribution in [1.82, 2.24) is 10.2 Å². The highest BCUT2D eigenvalue weighted by Gasteiger charge is 2.15. The molecule has 1 unspecified atom stereocenters. The Morgan fingerprint density at radius 1 is 1.47 bits per heavy atom. The Bertz CT molecular complexity index is 218. The summed E-state index contributed by atoms with van der Waals surface area (Å²) in [6.45, 7) is 0.513. The second-order valence-corrected chi connectivity index (χ2v) is 3.40. The Labute approximate surface area is 89.2 Å². The lowest BCUT2D eigenvalue weighted by Gasteiger charge is -2.11. The molecule has 0 saturated heterocycles. The zero-order valence-electron chi connectivity index (χ0n) is 9.32. The second kappa shape index (κ2) is 7.19. The molecular formula is C9H18N2O4. The number of carbonyl (C=O) groups is 2. The Morgan fingerprint density at radius 2 is 2.07 bits per heavy atom. The minimum atomic E-state index is -1.29. The van der Waals surface area contributed by atoms with Crippen LogP contribution in [0.4, 0.5) is 0 Å². The molecular weight excluding hydrogens is 200 g/mol. The first-order valence-corrected chi connectivity index (χ1v) is 4.64. The first kappa shape index (κ1) is 13.9. The number of hydrogen-bond donors (Lipinski definition) is 2. The number of rotatable bonds is 6. The van der Waals surface area contributed by atoms with E-state index in [1.54, 1.807) is 0 Å². The van der Waals surface area contributed by atoms with Crippen molar-refractivity contribution in [1.29, 1.82) is 0 Å². The number of amides is 1. The molecule has 2 N–H and O–H groups in total. The van der Waals surface area contributed by atoms with Crippen molar-refractivity contribution in [2.75, 3.05) is 34.3 Å². The third-order valence-electron chi connectivity index (χ3n) is 1.75. The van der Waals surface area contributed by atoms with Crippen LogP contribution in [0, 0.1) is 0 Å². The Morgan fingerprint density at radius 3 is 2.53 bits per heavy atom. The van der Waals surface area contributed by atoms with Gasteiger partial charge < -0.3 is 20.1 Å². The highest BCUT2D eigenvalue weighted by molar-refractivity contribution is 5.78. The maximum absolute atomic E-state index is 11.2. The molecule has 0 heterocycles. The Balaban J connectivity index is 3.66. The van der Waals surface area contributed by atoms with Gasteiger partial charge >= 0.3 is 5.97 Å². The summed E-state index contributed by atoms with van der Waals surface area (Å²) in [5.41, 5.74) is 0. The van der Waals surface area contributed by atoms with Crippen LogP contribution in [0.15, 0.2) is 0 Å². The smallest absolute Gasteiger partial charge is 0.336 e. The van der Waals surface area contributed by atoms with E-state index in [-0.39, 0.29) is 12.5 Å². The molecule has 0 aromatic carbocycles. The minimum absolute atomic E-state index is 0.112. The van der Waals surface area contributed by atoms with Gasteiger partial charge in [0, 0.05) is 13.0 Å². The summed E-state index contributed by atoms with van der Waals surface area (Å²) in [7, 11) is 4.90. The fourth-order valence-corrected chi connectivity index (χ4v) is 0.843. The first-order chi connectivity index (χ1) is 6.97. The maximum Gasteiger partial charge on any atom is 0.336 e. The first-order valence-electron chi connectivity index (χ1n) is 4.64. The topological polar surface area (TPSA) is 78.9 Å². The second-order valence-electron chi connectivity index (χ2n) is 3.40. The van der Waals surface area contributed by atoms with Gasteiger partial charge in [-0.05, 0) is 14.1 Å². The number of nitrogens with one attached hydrogen (secondary N) is 1. The van der Waals surface area contributed by atoms with Gasteiger partial charge in [0.1, 0.15) is 0 Å². The molecule has 0 rings (SSSR count). The summed E-state index contributed by atoms with van der Waals surface area (Å²) >= 11 is 0. The van der Waals surface area contributed by atoms with Gasteiger partial charge in [0.15, 0.2) is 6.10 Å². The van der Waals surface area contributed by atoms with Crippen molar-refractivity contribution in [3.05, 3.63) is 0 Å². The van der Waals surface area contributed by atoms with E-state index >= 15 is 0 Å². The zero-order valence-corrected chi connectivity index (χ0v) is 9.32. The maximum atomic E-state index is 11.2. The van der Waals surface area contributed by atoms with Crippen LogP contribution < -0.4 is 5.32 Å². The molecule has 1 atom stereocenters. The molecule has 6 nitrogen and oxygen atoms in total. The minimum Gasteiger partial charge on any atom is -0.467 e. The third kappa shape index (κ3) is 6.87. The molecule has 6 heteroatoms. The fraction of sp³-hybridized carbons (Fsp3) is 0.778. The molecule has 0 aromatic rings. The molecule has 0 saturated carbocycles. The molecule has 15 heavy (non-hydrogen) atoms. The van der Waals surface area contributed by atoms with E-state index in [9.17, 15) is 9.59 Å². The quantitative estimate of drug-likeness (QED) is 0.535. The molecule has 0 bridgehead atoms. The molecule has 0 aliphatic rings. The average Bonchev–Trinajstić information content (AvgIpc) is 2.21. The molecule has 0 aliphatic heterocycles. The predicted molar refractivity (Wildman–Crippen MR) is 54.2 cm³/mol. The number of nitrogens with zero attached hydrogens (tertiary/aromatic N) is 1. The molecule has 88 valence electrons. The molecule has 0 radical (unpaired) electrons. The van der Waals surface area contributed by atoms with E-state index in [1.807, 2.05) is 19.0 Å². The van der Waals surface area contributed by atoms with Crippen LogP contribution in [0.2, 0.25) is 0 Å². The fourth-order valence-electron chi connectivity index (χ4n) is 0.843. The monoisotopic (exact) mass is 218 g/mol. The third-order valence-corrected chi connectivity index (χ3v) is 1.75. The van der Waals surface area contributed by atoms with Crippen LogP contribution in [-0.4, -0.2) is 62.3 Å². The summed E-state index contributed by atoms with van der Waals surface area (Å²) < 4.78 is 4.29. The zero-order chi connectivity index (χ0) is 11.8. The standard InChI is InChI=1S/C9H18N2O4/c1-11(2)5-4-8(13)10-6-7(12)9(14)15-3/h7,12H,4-6H2,1-3H3,(H,10,13). The normalized spacial score (nSPS) is 12.3. The van der Waals surface area contributed by atoms with E-state index in [4.69, 9.17) is 5.11 Å². The predicted octanol–water partition coefficient (Wildman–Crippen LogP) is -1.41. The van der Waals surface area contributed by atoms with E-state index in [0.717, 1.165) is 0 Å². The van der Waals surface area contributed by atoms with Gasteiger partial charge in [0.2, 0.25) is 5.91 Å². The Kier molecular flexibility index (Phi) is 6.64. The number of methoxy groups -OCH3 is 1. The van der Waals surface area contributed by atoms with E-state index < -0.39 is 12.1 Å². The van der Waals surface area contributed by atoms with Crippen molar-refractivity contribution in [2.24, 2.45) is 0 Å². The summed E-state index contributed by atoms with van der Waals surface area (Å²) in [5.74, 6) is -0.949. The van der Waals surface area contributed by atoms with Crippen molar-refractivity contribution < 1.29 is 19.4 Å². The van der Waals surface area contributed by atoms with Gasteiger partial charge in [-0.2, -0.15) is 0 Å². The van der Waals surface area contributed by atoms with Crippen LogP contribution in [0.25, 0.3) is 0 Å². The van der Waals surface area contributed by atoms with Gasteiger partial charge in [-0.25, -0.2) is 4.79 Å². The molecule has 0 aromatic heterocycles. The lowest BCUT2D eigenvalue weighted by molar-refractivity contribution is -0.150. The van der Waals surface area contributed by atoms with E-state index in [2.05, 4.69) is 10.1 Å². The highest BCUT2D eigenvalue weighted by Crippen LogP contribution is 1.87. The number of esters is 1. The largest absolute Gasteiger partial charge is 0.467 e. The number of carbonyl (C=O) groups excluding carboxylic acids is 2. The van der Waals surface area contributed by atoms with Gasteiger partial charge in [-0.15, -0.1) is 0 Å². The van der Waals surface area contributed by atoms with Gasteiger partial charge in [0.25, 0.3) is 0 Å². The van der Waals surface area contributed by atoms with Crippen LogP contribution in [0.1, 0.15) is 6.42 Å². The summed E-state index contributed by atoms with van der Waals surface area (Å²) in [6, 6.07) is 0. The summed E-state index contributed by atoms with van der Waals surface area (Å²) in [5, 5.41) is 11.6. The van der Waals surface area contributed by atoms with Crippen LogP contribution in [-0.2, 0) is 14.3 Å². The molecule has 0 spiro atoms. The SMILES string of the molecule is COC(=O)C(O)CNC(=O)CCN(C)C. The number of aliphatic hydroxyl groups excluding tert-OH is 1. The van der Waals surface area contributed by atoms with E-state index in [1.165, 1.54) is 7.11 Å². The molecule has 0 aliphatic carbocycles. The average molecular weight is 218 g/mol. The Hall–Kier alpha value is -1.14. The van der Waals surface area contributed by atoms with Crippen molar-refractivity contribution >= 4 is 11.9 Å². The summed E-state index contributed by atoms with van der Waals surface area (Å²) in [4.78, 5) is 23.8. The van der Waals surface area contributed by atoms with Crippen LogP contribution in [0.5, 0.6) is 0 Å². The van der Waals surface area contributed by atoms with Gasteiger partial charge in [-0.1, -0.05) is 0 Å².